The second kappa shape index (κ2) is 5.86. The SMILES string of the molecule is CCC(O)(c1ccccc1F)c1ccc(C)c(C)c1OC. The predicted molar refractivity (Wildman–Crippen MR) is 82.2 cm³/mol. The van der Waals surface area contributed by atoms with Gasteiger partial charge in [-0.15, -0.1) is 0 Å². The normalized spacial score (nSPS) is 13.8. The van der Waals surface area contributed by atoms with Gasteiger partial charge in [0.05, 0.1) is 7.11 Å². The highest BCUT2D eigenvalue weighted by Gasteiger charge is 2.35. The maximum atomic E-state index is 14.2. The Hall–Kier alpha value is -1.87. The summed E-state index contributed by atoms with van der Waals surface area (Å²) >= 11 is 0. The van der Waals surface area contributed by atoms with Crippen molar-refractivity contribution in [2.45, 2.75) is 32.8 Å². The average Bonchev–Trinajstić information content (AvgIpc) is 2.49. The van der Waals surface area contributed by atoms with Crippen LogP contribution in [-0.4, -0.2) is 12.2 Å². The van der Waals surface area contributed by atoms with Gasteiger partial charge in [0.25, 0.3) is 0 Å². The van der Waals surface area contributed by atoms with Crippen molar-refractivity contribution in [3.8, 4) is 5.75 Å². The molecular formula is C18H21FO2. The smallest absolute Gasteiger partial charge is 0.129 e. The Morgan fingerprint density at radius 2 is 1.76 bits per heavy atom. The third kappa shape index (κ3) is 2.54. The molecule has 1 N–H and O–H groups in total. The van der Waals surface area contributed by atoms with Crippen molar-refractivity contribution in [1.29, 1.82) is 0 Å². The quantitative estimate of drug-likeness (QED) is 0.918. The first kappa shape index (κ1) is 15.5. The Kier molecular flexibility index (Phi) is 4.33. The van der Waals surface area contributed by atoms with Gasteiger partial charge in [0.1, 0.15) is 17.2 Å². The Morgan fingerprint density at radius 1 is 1.10 bits per heavy atom. The highest BCUT2D eigenvalue weighted by Crippen LogP contribution is 2.41. The number of methoxy groups -OCH3 is 1. The molecule has 0 aliphatic carbocycles. The van der Waals surface area contributed by atoms with E-state index < -0.39 is 11.4 Å². The van der Waals surface area contributed by atoms with Crippen molar-refractivity contribution >= 4 is 0 Å². The lowest BCUT2D eigenvalue weighted by Crippen LogP contribution is -2.28. The third-order valence-electron chi connectivity index (χ3n) is 4.16. The predicted octanol–water partition coefficient (Wildman–Crippen LogP) is 4.10. The summed E-state index contributed by atoms with van der Waals surface area (Å²) in [7, 11) is 1.57. The lowest BCUT2D eigenvalue weighted by molar-refractivity contribution is 0.0696. The molecule has 112 valence electrons. The fraction of sp³-hybridized carbons (Fsp3) is 0.333. The number of halogens is 1. The molecule has 0 spiro atoms. The Labute approximate surface area is 125 Å². The third-order valence-corrected chi connectivity index (χ3v) is 4.16. The first-order valence-electron chi connectivity index (χ1n) is 7.07. The number of hydrogen-bond acceptors (Lipinski definition) is 2. The zero-order chi connectivity index (χ0) is 15.6. The van der Waals surface area contributed by atoms with Crippen LogP contribution in [0.25, 0.3) is 0 Å². The van der Waals surface area contributed by atoms with Gasteiger partial charge in [-0.2, -0.15) is 0 Å². The zero-order valence-corrected chi connectivity index (χ0v) is 12.9. The van der Waals surface area contributed by atoms with Crippen LogP contribution in [0.3, 0.4) is 0 Å². The van der Waals surface area contributed by atoms with Crippen LogP contribution in [-0.2, 0) is 5.60 Å². The van der Waals surface area contributed by atoms with Gasteiger partial charge in [0.15, 0.2) is 0 Å². The summed E-state index contributed by atoms with van der Waals surface area (Å²) in [5.41, 5.74) is 1.49. The van der Waals surface area contributed by atoms with Crippen LogP contribution in [0.1, 0.15) is 35.6 Å². The molecule has 0 radical (unpaired) electrons. The summed E-state index contributed by atoms with van der Waals surface area (Å²) in [6.07, 6.45) is 0.354. The maximum absolute atomic E-state index is 14.2. The average molecular weight is 288 g/mol. The summed E-state index contributed by atoms with van der Waals surface area (Å²) in [4.78, 5) is 0. The van der Waals surface area contributed by atoms with Gasteiger partial charge in [-0.3, -0.25) is 0 Å². The molecule has 2 nitrogen and oxygen atoms in total. The summed E-state index contributed by atoms with van der Waals surface area (Å²) in [6.45, 7) is 5.76. The number of hydrogen-bond donors (Lipinski definition) is 1. The van der Waals surface area contributed by atoms with Gasteiger partial charge in [-0.05, 0) is 37.5 Å². The first-order chi connectivity index (χ1) is 9.95. The molecule has 2 aromatic rings. The molecule has 0 fully saturated rings. The van der Waals surface area contributed by atoms with E-state index in [0.717, 1.165) is 11.1 Å². The standard InChI is InChI=1S/C18H21FO2/c1-5-18(20,14-8-6-7-9-16(14)19)15-11-10-12(2)13(3)17(15)21-4/h6-11,20H,5H2,1-4H3. The lowest BCUT2D eigenvalue weighted by Gasteiger charge is -2.30. The number of rotatable bonds is 4. The van der Waals surface area contributed by atoms with Gasteiger partial charge < -0.3 is 9.84 Å². The van der Waals surface area contributed by atoms with Crippen LogP contribution in [0.2, 0.25) is 0 Å². The van der Waals surface area contributed by atoms with Crippen LogP contribution < -0.4 is 4.74 Å². The van der Waals surface area contributed by atoms with Gasteiger partial charge in [0, 0.05) is 11.1 Å². The van der Waals surface area contributed by atoms with Crippen LogP contribution in [0.15, 0.2) is 36.4 Å². The Bertz CT molecular complexity index is 652. The van der Waals surface area contributed by atoms with E-state index in [9.17, 15) is 9.50 Å². The van der Waals surface area contributed by atoms with Crippen LogP contribution in [0.4, 0.5) is 4.39 Å². The van der Waals surface area contributed by atoms with Gasteiger partial charge >= 0.3 is 0 Å². The minimum absolute atomic E-state index is 0.272. The molecular weight excluding hydrogens is 267 g/mol. The lowest BCUT2D eigenvalue weighted by atomic mass is 9.82. The first-order valence-corrected chi connectivity index (χ1v) is 7.07. The van der Waals surface area contributed by atoms with E-state index >= 15 is 0 Å². The molecule has 0 heterocycles. The van der Waals surface area contributed by atoms with E-state index in [2.05, 4.69) is 0 Å². The maximum Gasteiger partial charge on any atom is 0.129 e. The van der Waals surface area contributed by atoms with Crippen molar-refractivity contribution in [1.82, 2.24) is 0 Å². The van der Waals surface area contributed by atoms with Crippen molar-refractivity contribution in [2.24, 2.45) is 0 Å². The molecule has 1 atom stereocenters. The zero-order valence-electron chi connectivity index (χ0n) is 12.9. The highest BCUT2D eigenvalue weighted by atomic mass is 19.1. The summed E-state index contributed by atoms with van der Waals surface area (Å²) in [6, 6.07) is 10.1. The molecule has 0 aliphatic heterocycles. The Balaban J connectivity index is 2.72. The second-order valence-corrected chi connectivity index (χ2v) is 5.28. The minimum atomic E-state index is -1.41. The summed E-state index contributed by atoms with van der Waals surface area (Å²) in [5.74, 6) is 0.199. The highest BCUT2D eigenvalue weighted by molar-refractivity contribution is 5.51. The molecule has 0 aliphatic rings. The summed E-state index contributed by atoms with van der Waals surface area (Å²) in [5, 5.41) is 11.2. The van der Waals surface area contributed by atoms with Gasteiger partial charge in [0.2, 0.25) is 0 Å². The number of aryl methyl sites for hydroxylation is 1. The second-order valence-electron chi connectivity index (χ2n) is 5.28. The molecule has 0 amide bonds. The Morgan fingerprint density at radius 3 is 2.33 bits per heavy atom. The number of benzene rings is 2. The van der Waals surface area contributed by atoms with E-state index in [1.165, 1.54) is 6.07 Å². The van der Waals surface area contributed by atoms with E-state index in [1.807, 2.05) is 32.9 Å². The molecule has 21 heavy (non-hydrogen) atoms. The molecule has 0 saturated carbocycles. The van der Waals surface area contributed by atoms with Crippen molar-refractivity contribution in [3.05, 3.63) is 64.5 Å². The fourth-order valence-electron chi connectivity index (χ4n) is 2.70. The topological polar surface area (TPSA) is 29.5 Å². The fourth-order valence-corrected chi connectivity index (χ4v) is 2.70. The molecule has 2 rings (SSSR count). The van der Waals surface area contributed by atoms with Crippen LogP contribution in [0, 0.1) is 19.7 Å². The number of ether oxygens (including phenoxy) is 1. The van der Waals surface area contributed by atoms with E-state index in [1.54, 1.807) is 25.3 Å². The molecule has 0 bridgehead atoms. The molecule has 0 aromatic heterocycles. The van der Waals surface area contributed by atoms with E-state index in [0.29, 0.717) is 17.7 Å². The monoisotopic (exact) mass is 288 g/mol. The van der Waals surface area contributed by atoms with Crippen LogP contribution in [0.5, 0.6) is 5.75 Å². The van der Waals surface area contributed by atoms with Crippen molar-refractivity contribution in [2.75, 3.05) is 7.11 Å². The van der Waals surface area contributed by atoms with Gasteiger partial charge in [-0.25, -0.2) is 4.39 Å². The molecule has 1 unspecified atom stereocenters. The number of aliphatic hydroxyl groups is 1. The van der Waals surface area contributed by atoms with Crippen molar-refractivity contribution < 1.29 is 14.2 Å². The minimum Gasteiger partial charge on any atom is -0.496 e. The van der Waals surface area contributed by atoms with Crippen LogP contribution >= 0.6 is 0 Å². The van der Waals surface area contributed by atoms with E-state index in [4.69, 9.17) is 4.74 Å². The van der Waals surface area contributed by atoms with Gasteiger partial charge in [-0.1, -0.05) is 37.3 Å². The van der Waals surface area contributed by atoms with E-state index in [-0.39, 0.29) is 5.56 Å². The van der Waals surface area contributed by atoms with Crippen molar-refractivity contribution in [3.63, 3.8) is 0 Å². The molecule has 3 heteroatoms. The largest absolute Gasteiger partial charge is 0.496 e. The molecule has 0 saturated heterocycles. The molecule has 2 aromatic carbocycles. The summed E-state index contributed by atoms with van der Waals surface area (Å²) < 4.78 is 19.7.